The molecular formula is C7H15N3O2. The van der Waals surface area contributed by atoms with Crippen molar-refractivity contribution in [3.8, 4) is 0 Å². The fraction of sp³-hybridized carbons (Fsp3) is 0.857. The zero-order valence-electron chi connectivity index (χ0n) is 6.92. The van der Waals surface area contributed by atoms with Gasteiger partial charge in [-0.3, -0.25) is 5.41 Å². The van der Waals surface area contributed by atoms with Crippen molar-refractivity contribution in [2.75, 3.05) is 19.8 Å². The average Bonchev–Trinajstić information content (AvgIpc) is 2.16. The van der Waals surface area contributed by atoms with E-state index in [9.17, 15) is 5.11 Å². The van der Waals surface area contributed by atoms with Crippen LogP contribution in [0.1, 0.15) is 6.42 Å². The quantitative estimate of drug-likeness (QED) is 0.416. The molecule has 0 saturated carbocycles. The lowest BCUT2D eigenvalue weighted by Crippen LogP contribution is -2.41. The maximum absolute atomic E-state index is 9.20. The Balaban J connectivity index is 2.42. The van der Waals surface area contributed by atoms with Crippen molar-refractivity contribution in [1.82, 2.24) is 5.32 Å². The van der Waals surface area contributed by atoms with Gasteiger partial charge in [-0.1, -0.05) is 0 Å². The lowest BCUT2D eigenvalue weighted by atomic mass is 10.2. The number of hydrogen-bond donors (Lipinski definition) is 4. The van der Waals surface area contributed by atoms with Gasteiger partial charge in [0.2, 0.25) is 0 Å². The van der Waals surface area contributed by atoms with Crippen LogP contribution >= 0.6 is 0 Å². The number of nitrogens with two attached hydrogens (primary N) is 1. The highest BCUT2D eigenvalue weighted by Crippen LogP contribution is 1.99. The maximum Gasteiger partial charge on any atom is 0.134 e. The molecule has 0 bridgehead atoms. The van der Waals surface area contributed by atoms with Crippen LogP contribution in [0.15, 0.2) is 0 Å². The van der Waals surface area contributed by atoms with Crippen molar-refractivity contribution in [3.63, 3.8) is 0 Å². The summed E-state index contributed by atoms with van der Waals surface area (Å²) < 4.78 is 5.13. The minimum atomic E-state index is -0.812. The van der Waals surface area contributed by atoms with Crippen LogP contribution in [-0.4, -0.2) is 42.8 Å². The summed E-state index contributed by atoms with van der Waals surface area (Å²) in [5, 5.41) is 19.4. The highest BCUT2D eigenvalue weighted by molar-refractivity contribution is 5.83. The Morgan fingerprint density at radius 2 is 2.42 bits per heavy atom. The molecule has 0 radical (unpaired) electrons. The molecule has 5 heteroatoms. The Hall–Kier alpha value is -0.650. The summed E-state index contributed by atoms with van der Waals surface area (Å²) in [7, 11) is 0. The van der Waals surface area contributed by atoms with Crippen LogP contribution in [0.25, 0.3) is 0 Å². The van der Waals surface area contributed by atoms with Gasteiger partial charge in [-0.25, -0.2) is 0 Å². The number of ether oxygens (including phenoxy) is 1. The second-order valence-corrected chi connectivity index (χ2v) is 2.89. The normalized spacial score (nSPS) is 31.0. The van der Waals surface area contributed by atoms with Crippen LogP contribution in [0.2, 0.25) is 0 Å². The van der Waals surface area contributed by atoms with E-state index in [1.54, 1.807) is 0 Å². The van der Waals surface area contributed by atoms with Crippen molar-refractivity contribution in [2.24, 2.45) is 5.73 Å². The predicted molar refractivity (Wildman–Crippen MR) is 45.1 cm³/mol. The average molecular weight is 173 g/mol. The standard InChI is InChI=1S/C7H15N3O2/c8-2-1-5-3-12-4-6(11)7(9)10-5/h5-6,11H,1-4,8H2,(H2,9,10). The minimum absolute atomic E-state index is 0.0691. The topological polar surface area (TPSA) is 91.4 Å². The van der Waals surface area contributed by atoms with Gasteiger partial charge < -0.3 is 20.9 Å². The molecule has 0 aromatic rings. The summed E-state index contributed by atoms with van der Waals surface area (Å²) in [5.74, 6) is 0.131. The Bertz CT molecular complexity index is 163. The second-order valence-electron chi connectivity index (χ2n) is 2.89. The maximum atomic E-state index is 9.20. The highest BCUT2D eigenvalue weighted by atomic mass is 16.5. The first-order valence-electron chi connectivity index (χ1n) is 4.05. The van der Waals surface area contributed by atoms with Gasteiger partial charge in [0.15, 0.2) is 0 Å². The van der Waals surface area contributed by atoms with Gasteiger partial charge in [0, 0.05) is 0 Å². The van der Waals surface area contributed by atoms with Gasteiger partial charge >= 0.3 is 0 Å². The van der Waals surface area contributed by atoms with Crippen molar-refractivity contribution in [2.45, 2.75) is 18.6 Å². The number of aliphatic hydroxyl groups excluding tert-OH is 1. The first kappa shape index (κ1) is 9.44. The molecule has 70 valence electrons. The molecule has 0 amide bonds. The summed E-state index contributed by atoms with van der Waals surface area (Å²) in [4.78, 5) is 0. The summed E-state index contributed by atoms with van der Waals surface area (Å²) in [6.07, 6.45) is -0.0532. The van der Waals surface area contributed by atoms with Crippen LogP contribution in [0.5, 0.6) is 0 Å². The Labute approximate surface area is 71.4 Å². The summed E-state index contributed by atoms with van der Waals surface area (Å²) in [6.45, 7) is 1.27. The molecule has 1 aliphatic rings. The first-order chi connectivity index (χ1) is 5.74. The third-order valence-electron chi connectivity index (χ3n) is 1.80. The fourth-order valence-electron chi connectivity index (χ4n) is 1.12. The van der Waals surface area contributed by atoms with Gasteiger partial charge in [-0.05, 0) is 13.0 Å². The van der Waals surface area contributed by atoms with Gasteiger partial charge in [-0.15, -0.1) is 0 Å². The van der Waals surface area contributed by atoms with E-state index in [4.69, 9.17) is 15.9 Å². The van der Waals surface area contributed by atoms with Gasteiger partial charge in [0.05, 0.1) is 19.3 Å². The first-order valence-corrected chi connectivity index (χ1v) is 4.05. The van der Waals surface area contributed by atoms with E-state index in [0.29, 0.717) is 13.2 Å². The molecule has 1 heterocycles. The van der Waals surface area contributed by atoms with E-state index in [1.807, 2.05) is 0 Å². The van der Waals surface area contributed by atoms with Crippen molar-refractivity contribution < 1.29 is 9.84 Å². The molecule has 1 aliphatic heterocycles. The Morgan fingerprint density at radius 3 is 3.08 bits per heavy atom. The van der Waals surface area contributed by atoms with E-state index in [1.165, 1.54) is 0 Å². The monoisotopic (exact) mass is 173 g/mol. The molecule has 1 rings (SSSR count). The van der Waals surface area contributed by atoms with E-state index < -0.39 is 6.10 Å². The SMILES string of the molecule is N=C1NC(CCN)COCC1O. The fourth-order valence-corrected chi connectivity index (χ4v) is 1.12. The van der Waals surface area contributed by atoms with Gasteiger partial charge in [0.25, 0.3) is 0 Å². The lowest BCUT2D eigenvalue weighted by molar-refractivity contribution is 0.0695. The molecule has 0 aromatic carbocycles. The van der Waals surface area contributed by atoms with Gasteiger partial charge in [0.1, 0.15) is 11.9 Å². The Morgan fingerprint density at radius 1 is 1.67 bits per heavy atom. The molecule has 2 unspecified atom stereocenters. The van der Waals surface area contributed by atoms with E-state index in [-0.39, 0.29) is 18.5 Å². The van der Waals surface area contributed by atoms with Crippen LogP contribution in [-0.2, 0) is 4.74 Å². The molecule has 1 saturated heterocycles. The number of nitrogens with one attached hydrogen (secondary N) is 2. The number of rotatable bonds is 2. The number of hydrogen-bond acceptors (Lipinski definition) is 4. The zero-order valence-corrected chi connectivity index (χ0v) is 6.92. The van der Waals surface area contributed by atoms with E-state index in [0.717, 1.165) is 6.42 Å². The van der Waals surface area contributed by atoms with E-state index in [2.05, 4.69) is 5.32 Å². The molecule has 1 fully saturated rings. The highest BCUT2D eigenvalue weighted by Gasteiger charge is 2.20. The minimum Gasteiger partial charge on any atom is -0.383 e. The second kappa shape index (κ2) is 4.39. The zero-order chi connectivity index (χ0) is 8.97. The summed E-state index contributed by atoms with van der Waals surface area (Å²) >= 11 is 0. The molecular weight excluding hydrogens is 158 g/mol. The molecule has 5 N–H and O–H groups in total. The van der Waals surface area contributed by atoms with Crippen molar-refractivity contribution in [3.05, 3.63) is 0 Å². The largest absolute Gasteiger partial charge is 0.383 e. The number of amidine groups is 1. The molecule has 12 heavy (non-hydrogen) atoms. The molecule has 5 nitrogen and oxygen atoms in total. The molecule has 0 aliphatic carbocycles. The number of aliphatic hydroxyl groups is 1. The summed E-state index contributed by atoms with van der Waals surface area (Å²) in [6, 6.07) is 0.0691. The van der Waals surface area contributed by atoms with Gasteiger partial charge in [-0.2, -0.15) is 0 Å². The van der Waals surface area contributed by atoms with Crippen LogP contribution < -0.4 is 11.1 Å². The van der Waals surface area contributed by atoms with Crippen LogP contribution in [0, 0.1) is 5.41 Å². The summed E-state index contributed by atoms with van der Waals surface area (Å²) in [5.41, 5.74) is 5.36. The molecule has 2 atom stereocenters. The van der Waals surface area contributed by atoms with E-state index >= 15 is 0 Å². The van der Waals surface area contributed by atoms with Crippen LogP contribution in [0.3, 0.4) is 0 Å². The third-order valence-corrected chi connectivity index (χ3v) is 1.80. The smallest absolute Gasteiger partial charge is 0.134 e. The van der Waals surface area contributed by atoms with Crippen LogP contribution in [0.4, 0.5) is 0 Å². The predicted octanol–water partition coefficient (Wildman–Crippen LogP) is -1.34. The lowest BCUT2D eigenvalue weighted by Gasteiger charge is -2.15. The Kier molecular flexibility index (Phi) is 3.46. The van der Waals surface area contributed by atoms with Crippen molar-refractivity contribution in [1.29, 1.82) is 5.41 Å². The molecule has 0 aromatic heterocycles. The molecule has 0 spiro atoms. The third kappa shape index (κ3) is 2.44. The van der Waals surface area contributed by atoms with Crippen molar-refractivity contribution >= 4 is 5.84 Å².